The SMILES string of the molecule is CC(C)C1CCN(C(C)(C)CCC(C)(C)C2CCN(C(=O)COC(C)(C)C)CC2)CC1. The largest absolute Gasteiger partial charge is 0.366 e. The third kappa shape index (κ3) is 8.03. The van der Waals surface area contributed by atoms with Crippen LogP contribution in [0, 0.1) is 23.2 Å². The summed E-state index contributed by atoms with van der Waals surface area (Å²) in [7, 11) is 0. The molecular weight excluding hydrogens is 384 g/mol. The molecule has 1 amide bonds. The average molecular weight is 437 g/mol. The van der Waals surface area contributed by atoms with Gasteiger partial charge < -0.3 is 9.64 Å². The molecule has 2 aliphatic rings. The van der Waals surface area contributed by atoms with Crippen molar-refractivity contribution in [2.45, 2.75) is 112 Å². The third-order valence-electron chi connectivity index (χ3n) is 8.30. The van der Waals surface area contributed by atoms with Crippen molar-refractivity contribution in [3.63, 3.8) is 0 Å². The van der Waals surface area contributed by atoms with Crippen molar-refractivity contribution in [2.24, 2.45) is 23.2 Å². The zero-order chi connectivity index (χ0) is 23.4. The van der Waals surface area contributed by atoms with Crippen molar-refractivity contribution in [3.8, 4) is 0 Å². The molecule has 0 spiro atoms. The van der Waals surface area contributed by atoms with Gasteiger partial charge in [-0.3, -0.25) is 9.69 Å². The van der Waals surface area contributed by atoms with Crippen LogP contribution in [0.5, 0.6) is 0 Å². The number of amides is 1. The monoisotopic (exact) mass is 436 g/mol. The van der Waals surface area contributed by atoms with E-state index in [1.807, 2.05) is 25.7 Å². The lowest BCUT2D eigenvalue weighted by atomic mass is 9.69. The quantitative estimate of drug-likeness (QED) is 0.468. The molecule has 31 heavy (non-hydrogen) atoms. The second-order valence-corrected chi connectivity index (χ2v) is 12.9. The molecule has 0 aliphatic carbocycles. The minimum absolute atomic E-state index is 0.150. The van der Waals surface area contributed by atoms with Gasteiger partial charge in [-0.15, -0.1) is 0 Å². The number of piperidine rings is 2. The van der Waals surface area contributed by atoms with Gasteiger partial charge in [0.15, 0.2) is 0 Å². The number of ether oxygens (including phenoxy) is 1. The van der Waals surface area contributed by atoms with E-state index in [-0.39, 0.29) is 23.7 Å². The van der Waals surface area contributed by atoms with Gasteiger partial charge in [0, 0.05) is 18.6 Å². The fourth-order valence-electron chi connectivity index (χ4n) is 5.44. The van der Waals surface area contributed by atoms with Crippen molar-refractivity contribution < 1.29 is 9.53 Å². The van der Waals surface area contributed by atoms with Gasteiger partial charge in [0.1, 0.15) is 6.61 Å². The molecule has 2 fully saturated rings. The topological polar surface area (TPSA) is 32.8 Å². The van der Waals surface area contributed by atoms with Gasteiger partial charge in [-0.2, -0.15) is 0 Å². The molecule has 0 radical (unpaired) electrons. The summed E-state index contributed by atoms with van der Waals surface area (Å²) in [6, 6.07) is 0. The smallest absolute Gasteiger partial charge is 0.248 e. The Bertz CT molecular complexity index is 560. The second-order valence-electron chi connectivity index (χ2n) is 12.9. The standard InChI is InChI=1S/C27H52N2O2/c1-21(2)22-10-18-29(19-11-22)27(8,9)15-14-26(6,7)23-12-16-28(17-13-23)24(30)20-31-25(3,4)5/h21-23H,10-20H2,1-9H3. The first-order valence-electron chi connectivity index (χ1n) is 12.9. The van der Waals surface area contributed by atoms with Crippen LogP contribution in [0.15, 0.2) is 0 Å². The molecule has 4 heteroatoms. The summed E-state index contributed by atoms with van der Waals surface area (Å²) in [6.45, 7) is 25.1. The Kier molecular flexibility index (Phi) is 9.06. The van der Waals surface area contributed by atoms with Gasteiger partial charge in [-0.05, 0) is 109 Å². The fraction of sp³-hybridized carbons (Fsp3) is 0.963. The van der Waals surface area contributed by atoms with Crippen LogP contribution in [0.1, 0.15) is 101 Å². The normalized spacial score (nSPS) is 21.2. The zero-order valence-corrected chi connectivity index (χ0v) is 22.2. The molecule has 0 unspecified atom stereocenters. The fourth-order valence-corrected chi connectivity index (χ4v) is 5.44. The summed E-state index contributed by atoms with van der Waals surface area (Å²) in [5.41, 5.74) is 0.345. The molecule has 0 atom stereocenters. The zero-order valence-electron chi connectivity index (χ0n) is 22.2. The van der Waals surface area contributed by atoms with E-state index in [0.29, 0.717) is 11.3 Å². The van der Waals surface area contributed by atoms with E-state index in [1.165, 1.54) is 38.8 Å². The molecule has 0 aromatic heterocycles. The van der Waals surface area contributed by atoms with Crippen LogP contribution in [-0.4, -0.2) is 59.6 Å². The van der Waals surface area contributed by atoms with E-state index in [0.717, 1.165) is 37.8 Å². The maximum absolute atomic E-state index is 12.5. The summed E-state index contributed by atoms with van der Waals surface area (Å²) in [6.07, 6.45) is 7.47. The summed E-state index contributed by atoms with van der Waals surface area (Å²) < 4.78 is 5.70. The number of hydrogen-bond donors (Lipinski definition) is 0. The van der Waals surface area contributed by atoms with Crippen LogP contribution in [0.3, 0.4) is 0 Å². The van der Waals surface area contributed by atoms with Crippen LogP contribution in [0.25, 0.3) is 0 Å². The summed E-state index contributed by atoms with van der Waals surface area (Å²) in [5.74, 6) is 2.58. The number of carbonyl (C=O) groups is 1. The van der Waals surface area contributed by atoms with Gasteiger partial charge in [0.05, 0.1) is 5.60 Å². The van der Waals surface area contributed by atoms with Crippen molar-refractivity contribution in [1.82, 2.24) is 9.80 Å². The Labute approximate surface area is 193 Å². The van der Waals surface area contributed by atoms with Crippen LogP contribution in [0.2, 0.25) is 0 Å². The predicted molar refractivity (Wildman–Crippen MR) is 131 cm³/mol. The lowest BCUT2D eigenvalue weighted by Gasteiger charge is -2.46. The minimum Gasteiger partial charge on any atom is -0.366 e. The number of likely N-dealkylation sites (tertiary alicyclic amines) is 2. The van der Waals surface area contributed by atoms with Gasteiger partial charge in [-0.1, -0.05) is 27.7 Å². The molecule has 0 aromatic carbocycles. The Morgan fingerprint density at radius 1 is 0.871 bits per heavy atom. The maximum atomic E-state index is 12.5. The van der Waals surface area contributed by atoms with E-state index >= 15 is 0 Å². The second kappa shape index (κ2) is 10.5. The summed E-state index contributed by atoms with van der Waals surface area (Å²) in [4.78, 5) is 17.3. The molecule has 2 saturated heterocycles. The molecule has 2 rings (SSSR count). The number of carbonyl (C=O) groups excluding carboxylic acids is 1. The highest BCUT2D eigenvalue weighted by molar-refractivity contribution is 5.77. The highest BCUT2D eigenvalue weighted by atomic mass is 16.5. The first-order chi connectivity index (χ1) is 14.2. The van der Waals surface area contributed by atoms with E-state index in [4.69, 9.17) is 4.74 Å². The highest BCUT2D eigenvalue weighted by Gasteiger charge is 2.37. The van der Waals surface area contributed by atoms with Crippen LogP contribution in [-0.2, 0) is 9.53 Å². The van der Waals surface area contributed by atoms with E-state index in [9.17, 15) is 4.79 Å². The van der Waals surface area contributed by atoms with E-state index in [2.05, 4.69) is 46.4 Å². The molecular formula is C27H52N2O2. The molecule has 0 bridgehead atoms. The van der Waals surface area contributed by atoms with Crippen molar-refractivity contribution in [1.29, 1.82) is 0 Å². The molecule has 2 heterocycles. The summed E-state index contributed by atoms with van der Waals surface area (Å²) >= 11 is 0. The van der Waals surface area contributed by atoms with Crippen molar-refractivity contribution in [2.75, 3.05) is 32.8 Å². The maximum Gasteiger partial charge on any atom is 0.248 e. The van der Waals surface area contributed by atoms with Crippen molar-refractivity contribution >= 4 is 5.91 Å². The Hall–Kier alpha value is -0.610. The van der Waals surface area contributed by atoms with Gasteiger partial charge >= 0.3 is 0 Å². The predicted octanol–water partition coefficient (Wildman–Crippen LogP) is 5.99. The Morgan fingerprint density at radius 3 is 1.90 bits per heavy atom. The number of hydrogen-bond acceptors (Lipinski definition) is 3. The molecule has 0 N–H and O–H groups in total. The van der Waals surface area contributed by atoms with Gasteiger partial charge in [0.25, 0.3) is 0 Å². The Balaban J connectivity index is 1.79. The molecule has 0 saturated carbocycles. The van der Waals surface area contributed by atoms with Crippen LogP contribution >= 0.6 is 0 Å². The molecule has 0 aromatic rings. The van der Waals surface area contributed by atoms with Crippen LogP contribution in [0.4, 0.5) is 0 Å². The van der Waals surface area contributed by atoms with Gasteiger partial charge in [-0.25, -0.2) is 0 Å². The first-order valence-corrected chi connectivity index (χ1v) is 12.9. The Morgan fingerprint density at radius 2 is 1.42 bits per heavy atom. The molecule has 2 aliphatic heterocycles. The number of rotatable bonds is 8. The number of nitrogens with zero attached hydrogens (tertiary/aromatic N) is 2. The average Bonchev–Trinajstić information content (AvgIpc) is 2.70. The van der Waals surface area contributed by atoms with Gasteiger partial charge in [0.2, 0.25) is 5.91 Å². The first kappa shape index (κ1) is 26.6. The van der Waals surface area contributed by atoms with E-state index in [1.54, 1.807) is 0 Å². The lowest BCUT2D eigenvalue weighted by molar-refractivity contribution is -0.143. The highest BCUT2D eigenvalue weighted by Crippen LogP contribution is 2.41. The third-order valence-corrected chi connectivity index (χ3v) is 8.30. The molecule has 4 nitrogen and oxygen atoms in total. The lowest BCUT2D eigenvalue weighted by Crippen LogP contribution is -2.49. The molecule has 182 valence electrons. The van der Waals surface area contributed by atoms with Crippen LogP contribution < -0.4 is 0 Å². The summed E-state index contributed by atoms with van der Waals surface area (Å²) in [5, 5.41) is 0. The van der Waals surface area contributed by atoms with Crippen molar-refractivity contribution in [3.05, 3.63) is 0 Å². The van der Waals surface area contributed by atoms with E-state index < -0.39 is 0 Å². The minimum atomic E-state index is -0.257.